The van der Waals surface area contributed by atoms with E-state index in [0.29, 0.717) is 17.5 Å². The van der Waals surface area contributed by atoms with Crippen molar-refractivity contribution in [2.24, 2.45) is 7.05 Å². The van der Waals surface area contributed by atoms with Crippen LogP contribution in [-0.4, -0.2) is 26.9 Å². The summed E-state index contributed by atoms with van der Waals surface area (Å²) in [6.07, 6.45) is 3.04. The summed E-state index contributed by atoms with van der Waals surface area (Å²) in [5, 5.41) is 4.35. The lowest BCUT2D eigenvalue weighted by Gasteiger charge is -2.08. The first kappa shape index (κ1) is 12.0. The molecule has 0 aromatic carbocycles. The summed E-state index contributed by atoms with van der Waals surface area (Å²) in [5.41, 5.74) is 9.87. The standard InChI is InChI=1S/C13H17N5O/c1-7-10(13(19-3)18(2)17-7)12-15-9-6-4-5-8(9)11(14)16-12/h4-6H2,1-3H3,(H2,14,15,16). The molecule has 0 aliphatic heterocycles. The molecule has 2 aromatic rings. The van der Waals surface area contributed by atoms with E-state index in [2.05, 4.69) is 15.1 Å². The van der Waals surface area contributed by atoms with Gasteiger partial charge >= 0.3 is 0 Å². The highest BCUT2D eigenvalue weighted by molar-refractivity contribution is 5.67. The SMILES string of the molecule is COc1c(-c2nc(N)c3c(n2)CCC3)c(C)nn1C. The number of nitrogens with two attached hydrogens (primary N) is 1. The van der Waals surface area contributed by atoms with Gasteiger partial charge in [-0.15, -0.1) is 0 Å². The van der Waals surface area contributed by atoms with Crippen molar-refractivity contribution < 1.29 is 4.74 Å². The number of fused-ring (bicyclic) bond motifs is 1. The largest absolute Gasteiger partial charge is 0.481 e. The number of nitrogens with zero attached hydrogens (tertiary/aromatic N) is 4. The monoisotopic (exact) mass is 259 g/mol. The smallest absolute Gasteiger partial charge is 0.222 e. The number of hydrogen-bond donors (Lipinski definition) is 1. The molecule has 6 heteroatoms. The molecule has 0 saturated heterocycles. The number of anilines is 1. The number of nitrogen functional groups attached to an aromatic ring is 1. The van der Waals surface area contributed by atoms with Crippen LogP contribution in [0.1, 0.15) is 23.4 Å². The van der Waals surface area contributed by atoms with Gasteiger partial charge in [-0.25, -0.2) is 14.6 Å². The summed E-state index contributed by atoms with van der Waals surface area (Å²) in [5.74, 6) is 1.86. The Hall–Kier alpha value is -2.11. The van der Waals surface area contributed by atoms with E-state index >= 15 is 0 Å². The molecule has 0 fully saturated rings. The van der Waals surface area contributed by atoms with Gasteiger partial charge < -0.3 is 10.5 Å². The Balaban J connectivity index is 2.20. The maximum atomic E-state index is 6.04. The summed E-state index contributed by atoms with van der Waals surface area (Å²) in [4.78, 5) is 9.07. The zero-order chi connectivity index (χ0) is 13.6. The highest BCUT2D eigenvalue weighted by Gasteiger charge is 2.23. The van der Waals surface area contributed by atoms with Crippen LogP contribution in [0.2, 0.25) is 0 Å². The summed E-state index contributed by atoms with van der Waals surface area (Å²) in [6, 6.07) is 0. The van der Waals surface area contributed by atoms with Gasteiger partial charge in [-0.05, 0) is 26.2 Å². The van der Waals surface area contributed by atoms with Gasteiger partial charge in [-0.3, -0.25) is 0 Å². The minimum Gasteiger partial charge on any atom is -0.481 e. The molecule has 0 radical (unpaired) electrons. The third-order valence-corrected chi connectivity index (χ3v) is 3.55. The van der Waals surface area contributed by atoms with Crippen molar-refractivity contribution in [1.82, 2.24) is 19.7 Å². The zero-order valence-corrected chi connectivity index (χ0v) is 11.4. The van der Waals surface area contributed by atoms with Crippen LogP contribution in [0, 0.1) is 6.92 Å². The average molecular weight is 259 g/mol. The quantitative estimate of drug-likeness (QED) is 0.878. The topological polar surface area (TPSA) is 78.8 Å². The second kappa shape index (κ2) is 4.22. The second-order valence-corrected chi connectivity index (χ2v) is 4.80. The van der Waals surface area contributed by atoms with Crippen molar-refractivity contribution in [3.63, 3.8) is 0 Å². The summed E-state index contributed by atoms with van der Waals surface area (Å²) in [7, 11) is 3.46. The first-order valence-corrected chi connectivity index (χ1v) is 6.35. The maximum absolute atomic E-state index is 6.04. The summed E-state index contributed by atoms with van der Waals surface area (Å²) in [6.45, 7) is 1.92. The Morgan fingerprint density at radius 2 is 2.05 bits per heavy atom. The first-order chi connectivity index (χ1) is 9.11. The van der Waals surface area contributed by atoms with Crippen LogP contribution in [0.25, 0.3) is 11.4 Å². The Kier molecular flexibility index (Phi) is 2.66. The van der Waals surface area contributed by atoms with Gasteiger partial charge in [0.15, 0.2) is 5.82 Å². The molecule has 1 aliphatic rings. The van der Waals surface area contributed by atoms with Gasteiger partial charge in [-0.1, -0.05) is 0 Å². The maximum Gasteiger partial charge on any atom is 0.222 e. The van der Waals surface area contributed by atoms with Crippen LogP contribution in [0.4, 0.5) is 5.82 Å². The summed E-state index contributed by atoms with van der Waals surface area (Å²) >= 11 is 0. The van der Waals surface area contributed by atoms with E-state index in [9.17, 15) is 0 Å². The van der Waals surface area contributed by atoms with Gasteiger partial charge in [0.05, 0.1) is 12.8 Å². The predicted molar refractivity (Wildman–Crippen MR) is 72.0 cm³/mol. The highest BCUT2D eigenvalue weighted by Crippen LogP contribution is 2.33. The van der Waals surface area contributed by atoms with Crippen LogP contribution in [0.3, 0.4) is 0 Å². The molecule has 1 aliphatic carbocycles. The van der Waals surface area contributed by atoms with Crippen LogP contribution in [0.15, 0.2) is 0 Å². The van der Waals surface area contributed by atoms with E-state index in [4.69, 9.17) is 10.5 Å². The van der Waals surface area contributed by atoms with Crippen LogP contribution in [0.5, 0.6) is 5.88 Å². The van der Waals surface area contributed by atoms with Crippen LogP contribution in [-0.2, 0) is 19.9 Å². The molecule has 0 bridgehead atoms. The Morgan fingerprint density at radius 1 is 1.26 bits per heavy atom. The number of ether oxygens (including phenoxy) is 1. The summed E-state index contributed by atoms with van der Waals surface area (Å²) < 4.78 is 7.08. The molecule has 0 amide bonds. The molecule has 19 heavy (non-hydrogen) atoms. The van der Waals surface area contributed by atoms with Crippen molar-refractivity contribution in [2.75, 3.05) is 12.8 Å². The van der Waals surface area contributed by atoms with Crippen molar-refractivity contribution in [3.05, 3.63) is 17.0 Å². The van der Waals surface area contributed by atoms with Gasteiger partial charge in [0, 0.05) is 18.3 Å². The molecular formula is C13H17N5O. The van der Waals surface area contributed by atoms with Crippen molar-refractivity contribution in [1.29, 1.82) is 0 Å². The Morgan fingerprint density at radius 3 is 2.79 bits per heavy atom. The van der Waals surface area contributed by atoms with Gasteiger partial charge in [-0.2, -0.15) is 5.10 Å². The number of aromatic nitrogens is 4. The van der Waals surface area contributed by atoms with E-state index in [1.165, 1.54) is 0 Å². The predicted octanol–water partition coefficient (Wildman–Crippen LogP) is 1.27. The molecular weight excluding hydrogens is 242 g/mol. The third kappa shape index (κ3) is 1.75. The molecule has 3 rings (SSSR count). The van der Waals surface area contributed by atoms with Gasteiger partial charge in [0.1, 0.15) is 11.4 Å². The van der Waals surface area contributed by atoms with Gasteiger partial charge in [0.25, 0.3) is 0 Å². The van der Waals surface area contributed by atoms with E-state index in [0.717, 1.165) is 41.8 Å². The normalized spacial score (nSPS) is 13.6. The fourth-order valence-corrected chi connectivity index (χ4v) is 2.70. The minimum atomic E-state index is 0.586. The molecule has 100 valence electrons. The van der Waals surface area contributed by atoms with Crippen molar-refractivity contribution in [3.8, 4) is 17.3 Å². The average Bonchev–Trinajstić information content (AvgIpc) is 2.93. The van der Waals surface area contributed by atoms with Crippen molar-refractivity contribution >= 4 is 5.82 Å². The number of methoxy groups -OCH3 is 1. The lowest BCUT2D eigenvalue weighted by molar-refractivity contribution is 0.374. The fourth-order valence-electron chi connectivity index (χ4n) is 2.70. The lowest BCUT2D eigenvalue weighted by atomic mass is 10.2. The number of rotatable bonds is 2. The third-order valence-electron chi connectivity index (χ3n) is 3.55. The van der Waals surface area contributed by atoms with Crippen LogP contribution >= 0.6 is 0 Å². The van der Waals surface area contributed by atoms with E-state index in [-0.39, 0.29) is 0 Å². The molecule has 2 heterocycles. The second-order valence-electron chi connectivity index (χ2n) is 4.80. The fraction of sp³-hybridized carbons (Fsp3) is 0.462. The van der Waals surface area contributed by atoms with Gasteiger partial charge in [0.2, 0.25) is 5.88 Å². The molecule has 0 saturated carbocycles. The Labute approximate surface area is 111 Å². The minimum absolute atomic E-state index is 0.586. The lowest BCUT2D eigenvalue weighted by Crippen LogP contribution is -2.04. The molecule has 6 nitrogen and oxygen atoms in total. The molecule has 2 N–H and O–H groups in total. The molecule has 2 aromatic heterocycles. The molecule has 0 spiro atoms. The first-order valence-electron chi connectivity index (χ1n) is 6.35. The van der Waals surface area contributed by atoms with Crippen molar-refractivity contribution in [2.45, 2.75) is 26.2 Å². The van der Waals surface area contributed by atoms with Crippen LogP contribution < -0.4 is 10.5 Å². The zero-order valence-electron chi connectivity index (χ0n) is 11.4. The molecule has 0 unspecified atom stereocenters. The highest BCUT2D eigenvalue weighted by atomic mass is 16.5. The molecule has 0 atom stereocenters. The Bertz CT molecular complexity index is 647. The number of aryl methyl sites for hydroxylation is 3. The number of hydrogen-bond acceptors (Lipinski definition) is 5. The van der Waals surface area contributed by atoms with E-state index in [1.54, 1.807) is 11.8 Å². The van der Waals surface area contributed by atoms with E-state index < -0.39 is 0 Å². The van der Waals surface area contributed by atoms with E-state index in [1.807, 2.05) is 14.0 Å².